The standard InChI is InChI=1S/C24H26N4O2/c1-16(20(13-25)14-26)17-5-6-19-12-21(8-7-18(19)11-17)27-9-10-28(23(29)30)22(15-27)24(2,3)4/h5-8,11-12,22H,9-10,15H2,1-4H3,(H,29,30). The lowest BCUT2D eigenvalue weighted by atomic mass is 9.84. The smallest absolute Gasteiger partial charge is 0.407 e. The summed E-state index contributed by atoms with van der Waals surface area (Å²) in [5.41, 5.74) is 2.55. The van der Waals surface area contributed by atoms with Gasteiger partial charge in [0.2, 0.25) is 0 Å². The molecule has 0 saturated carbocycles. The first-order chi connectivity index (χ1) is 14.2. The Labute approximate surface area is 177 Å². The maximum atomic E-state index is 11.7. The minimum absolute atomic E-state index is 0.0926. The van der Waals surface area contributed by atoms with Crippen LogP contribution >= 0.6 is 0 Å². The first kappa shape index (κ1) is 21.2. The van der Waals surface area contributed by atoms with Crippen molar-refractivity contribution < 1.29 is 9.90 Å². The van der Waals surface area contributed by atoms with E-state index < -0.39 is 6.09 Å². The second-order valence-electron chi connectivity index (χ2n) is 8.77. The Balaban J connectivity index is 1.92. The van der Waals surface area contributed by atoms with Gasteiger partial charge in [-0.2, -0.15) is 10.5 Å². The predicted octanol–water partition coefficient (Wildman–Crippen LogP) is 4.88. The summed E-state index contributed by atoms with van der Waals surface area (Å²) >= 11 is 0. The quantitative estimate of drug-likeness (QED) is 0.723. The third kappa shape index (κ3) is 4.09. The lowest BCUT2D eigenvalue weighted by molar-refractivity contribution is 0.0749. The van der Waals surface area contributed by atoms with Crippen molar-refractivity contribution in [2.75, 3.05) is 24.5 Å². The number of rotatable bonds is 2. The third-order valence-electron chi connectivity index (χ3n) is 5.85. The van der Waals surface area contributed by atoms with Crippen LogP contribution in [0.15, 0.2) is 42.0 Å². The topological polar surface area (TPSA) is 91.4 Å². The number of piperazine rings is 1. The Kier molecular flexibility index (Phi) is 5.71. The van der Waals surface area contributed by atoms with Crippen LogP contribution in [0.25, 0.3) is 16.3 Å². The normalized spacial score (nSPS) is 16.7. The van der Waals surface area contributed by atoms with E-state index in [2.05, 4.69) is 37.8 Å². The minimum Gasteiger partial charge on any atom is -0.465 e. The number of anilines is 1. The molecular weight excluding hydrogens is 376 g/mol. The second kappa shape index (κ2) is 8.08. The van der Waals surface area contributed by atoms with E-state index in [1.54, 1.807) is 11.8 Å². The van der Waals surface area contributed by atoms with E-state index in [-0.39, 0.29) is 17.0 Å². The third-order valence-corrected chi connectivity index (χ3v) is 5.85. The van der Waals surface area contributed by atoms with Crippen LogP contribution < -0.4 is 4.90 Å². The molecule has 3 rings (SSSR count). The number of hydrogen-bond acceptors (Lipinski definition) is 4. The highest BCUT2D eigenvalue weighted by atomic mass is 16.4. The molecule has 1 amide bonds. The van der Waals surface area contributed by atoms with Crippen molar-refractivity contribution in [2.45, 2.75) is 33.7 Å². The maximum absolute atomic E-state index is 11.7. The summed E-state index contributed by atoms with van der Waals surface area (Å²) in [7, 11) is 0. The second-order valence-corrected chi connectivity index (χ2v) is 8.77. The van der Waals surface area contributed by atoms with Crippen molar-refractivity contribution in [3.05, 3.63) is 47.5 Å². The number of amides is 1. The van der Waals surface area contributed by atoms with Crippen LogP contribution in [0.5, 0.6) is 0 Å². The first-order valence-electron chi connectivity index (χ1n) is 9.95. The van der Waals surface area contributed by atoms with E-state index in [0.717, 1.165) is 22.0 Å². The van der Waals surface area contributed by atoms with Gasteiger partial charge in [-0.15, -0.1) is 0 Å². The number of fused-ring (bicyclic) bond motifs is 1. The molecule has 1 unspecified atom stereocenters. The predicted molar refractivity (Wildman–Crippen MR) is 118 cm³/mol. The fourth-order valence-electron chi connectivity index (χ4n) is 3.99. The molecule has 154 valence electrons. The SMILES string of the molecule is CC(=C(C#N)C#N)c1ccc2cc(N3CCN(C(=O)O)C(C(C)(C)C)C3)ccc2c1. The molecule has 2 aromatic rings. The molecule has 1 aliphatic heterocycles. The largest absolute Gasteiger partial charge is 0.465 e. The number of nitrogens with zero attached hydrogens (tertiary/aromatic N) is 4. The average molecular weight is 402 g/mol. The molecule has 1 saturated heterocycles. The zero-order valence-corrected chi connectivity index (χ0v) is 17.8. The molecule has 1 fully saturated rings. The Morgan fingerprint density at radius 2 is 1.70 bits per heavy atom. The molecule has 6 nitrogen and oxygen atoms in total. The summed E-state index contributed by atoms with van der Waals surface area (Å²) in [6, 6.07) is 15.9. The highest BCUT2D eigenvalue weighted by Gasteiger charge is 2.38. The maximum Gasteiger partial charge on any atom is 0.407 e. The van der Waals surface area contributed by atoms with Gasteiger partial charge in [0.1, 0.15) is 17.7 Å². The average Bonchev–Trinajstić information content (AvgIpc) is 2.72. The molecule has 0 bridgehead atoms. The number of benzene rings is 2. The Morgan fingerprint density at radius 3 is 2.30 bits per heavy atom. The van der Waals surface area contributed by atoms with Gasteiger partial charge in [-0.25, -0.2) is 4.79 Å². The van der Waals surface area contributed by atoms with E-state index >= 15 is 0 Å². The van der Waals surface area contributed by atoms with E-state index in [9.17, 15) is 9.90 Å². The Hall–Kier alpha value is -3.51. The van der Waals surface area contributed by atoms with Gasteiger partial charge in [-0.1, -0.05) is 39.0 Å². The number of allylic oxidation sites excluding steroid dienone is 2. The van der Waals surface area contributed by atoms with Crippen molar-refractivity contribution in [1.29, 1.82) is 10.5 Å². The molecule has 30 heavy (non-hydrogen) atoms. The van der Waals surface area contributed by atoms with Crippen molar-refractivity contribution in [2.24, 2.45) is 5.41 Å². The summed E-state index contributed by atoms with van der Waals surface area (Å²) in [5.74, 6) is 0. The molecule has 1 atom stereocenters. The minimum atomic E-state index is -0.863. The summed E-state index contributed by atoms with van der Waals surface area (Å²) < 4.78 is 0. The Morgan fingerprint density at radius 1 is 1.07 bits per heavy atom. The molecular formula is C24H26N4O2. The lowest BCUT2D eigenvalue weighted by Gasteiger charge is -2.46. The van der Waals surface area contributed by atoms with Crippen LogP contribution in [0.3, 0.4) is 0 Å². The lowest BCUT2D eigenvalue weighted by Crippen LogP contribution is -2.59. The van der Waals surface area contributed by atoms with Crippen LogP contribution in [0, 0.1) is 28.1 Å². The molecule has 1 N–H and O–H groups in total. The van der Waals surface area contributed by atoms with Crippen molar-refractivity contribution in [3.63, 3.8) is 0 Å². The van der Waals surface area contributed by atoms with E-state index in [4.69, 9.17) is 10.5 Å². The highest BCUT2D eigenvalue weighted by molar-refractivity contribution is 5.90. The zero-order valence-electron chi connectivity index (χ0n) is 17.8. The van der Waals surface area contributed by atoms with E-state index in [1.807, 2.05) is 36.4 Å². The van der Waals surface area contributed by atoms with Crippen LogP contribution in [-0.2, 0) is 0 Å². The van der Waals surface area contributed by atoms with Gasteiger partial charge >= 0.3 is 6.09 Å². The molecule has 0 radical (unpaired) electrons. The number of nitriles is 2. The van der Waals surface area contributed by atoms with Gasteiger partial charge in [0.15, 0.2) is 0 Å². The fourth-order valence-corrected chi connectivity index (χ4v) is 3.99. The van der Waals surface area contributed by atoms with Crippen molar-refractivity contribution in [1.82, 2.24) is 4.90 Å². The molecule has 0 spiro atoms. The van der Waals surface area contributed by atoms with Gasteiger partial charge in [-0.05, 0) is 52.4 Å². The summed E-state index contributed by atoms with van der Waals surface area (Å²) in [6.07, 6.45) is -0.863. The molecule has 0 aliphatic carbocycles. The fraction of sp³-hybridized carbons (Fsp3) is 0.375. The van der Waals surface area contributed by atoms with Crippen molar-refractivity contribution in [3.8, 4) is 12.1 Å². The molecule has 2 aromatic carbocycles. The van der Waals surface area contributed by atoms with Gasteiger partial charge in [0.25, 0.3) is 0 Å². The van der Waals surface area contributed by atoms with Gasteiger partial charge in [-0.3, -0.25) is 0 Å². The summed E-state index contributed by atoms with van der Waals surface area (Å²) in [6.45, 7) is 9.78. The first-order valence-corrected chi connectivity index (χ1v) is 9.95. The van der Waals surface area contributed by atoms with Crippen LogP contribution in [-0.4, -0.2) is 41.8 Å². The monoisotopic (exact) mass is 402 g/mol. The number of carboxylic acid groups (broad SMARTS) is 1. The molecule has 6 heteroatoms. The van der Waals surface area contributed by atoms with Gasteiger partial charge in [0.05, 0.1) is 6.04 Å². The molecule has 1 heterocycles. The number of hydrogen-bond donors (Lipinski definition) is 1. The number of carbonyl (C=O) groups is 1. The molecule has 1 aliphatic rings. The van der Waals surface area contributed by atoms with E-state index in [0.29, 0.717) is 25.2 Å². The van der Waals surface area contributed by atoms with Gasteiger partial charge in [0, 0.05) is 25.3 Å². The van der Waals surface area contributed by atoms with Crippen LogP contribution in [0.2, 0.25) is 0 Å². The molecule has 0 aromatic heterocycles. The van der Waals surface area contributed by atoms with E-state index in [1.165, 1.54) is 0 Å². The Bertz CT molecular complexity index is 1080. The van der Waals surface area contributed by atoms with Crippen molar-refractivity contribution >= 4 is 28.1 Å². The summed E-state index contributed by atoms with van der Waals surface area (Å²) in [4.78, 5) is 15.5. The van der Waals surface area contributed by atoms with Crippen LogP contribution in [0.4, 0.5) is 10.5 Å². The highest BCUT2D eigenvalue weighted by Crippen LogP contribution is 2.32. The van der Waals surface area contributed by atoms with Crippen LogP contribution in [0.1, 0.15) is 33.3 Å². The zero-order chi connectivity index (χ0) is 22.1. The van der Waals surface area contributed by atoms with Gasteiger partial charge < -0.3 is 14.9 Å². The summed E-state index contributed by atoms with van der Waals surface area (Å²) in [5, 5.41) is 29.9.